The highest BCUT2D eigenvalue weighted by Crippen LogP contribution is 2.28. The molecule has 26 heavy (non-hydrogen) atoms. The number of ether oxygens (including phenoxy) is 1. The molecule has 138 valence electrons. The number of morpholine rings is 1. The molecule has 0 unspecified atom stereocenters. The minimum Gasteiger partial charge on any atom is -0.379 e. The van der Waals surface area contributed by atoms with Crippen LogP contribution in [-0.4, -0.2) is 60.9 Å². The summed E-state index contributed by atoms with van der Waals surface area (Å²) in [6.07, 6.45) is 0.878. The number of aromatic amines is 1. The van der Waals surface area contributed by atoms with Crippen molar-refractivity contribution in [2.45, 2.75) is 12.2 Å². The molecule has 2 aliphatic rings. The Hall–Kier alpha value is -1.83. The summed E-state index contributed by atoms with van der Waals surface area (Å²) in [6, 6.07) is 5.55. The maximum Gasteiger partial charge on any atom is 0.252 e. The fourth-order valence-electron chi connectivity index (χ4n) is 3.58. The van der Waals surface area contributed by atoms with Gasteiger partial charge in [0.15, 0.2) is 0 Å². The zero-order valence-corrected chi connectivity index (χ0v) is 15.5. The maximum atomic E-state index is 12.5. The molecule has 0 spiro atoms. The number of pyridine rings is 1. The van der Waals surface area contributed by atoms with Crippen molar-refractivity contribution in [1.29, 1.82) is 0 Å². The third-order valence-corrected chi connectivity index (χ3v) is 6.04. The van der Waals surface area contributed by atoms with E-state index in [1.165, 1.54) is 0 Å². The van der Waals surface area contributed by atoms with Gasteiger partial charge in [-0.25, -0.2) is 0 Å². The number of hydrogen-bond donors (Lipinski definition) is 2. The lowest BCUT2D eigenvalue weighted by atomic mass is 9.99. The average Bonchev–Trinajstić information content (AvgIpc) is 2.69. The van der Waals surface area contributed by atoms with Crippen LogP contribution in [0.25, 0.3) is 10.9 Å². The van der Waals surface area contributed by atoms with E-state index in [-0.39, 0.29) is 11.5 Å². The molecule has 0 radical (unpaired) electrons. The molecule has 0 saturated carbocycles. The molecule has 1 aromatic heterocycles. The first-order valence-electron chi connectivity index (χ1n) is 9.06. The summed E-state index contributed by atoms with van der Waals surface area (Å²) in [5.41, 5.74) is 3.42. The lowest BCUT2D eigenvalue weighted by Crippen LogP contribution is -2.41. The van der Waals surface area contributed by atoms with Crippen LogP contribution >= 0.6 is 11.8 Å². The second kappa shape index (κ2) is 7.82. The molecule has 1 amide bonds. The molecular weight excluding hydrogens is 350 g/mol. The second-order valence-corrected chi connectivity index (χ2v) is 7.79. The van der Waals surface area contributed by atoms with E-state index < -0.39 is 0 Å². The summed E-state index contributed by atoms with van der Waals surface area (Å²) in [5.74, 6) is 1.70. The number of nitrogens with one attached hydrogen (secondary N) is 2. The van der Waals surface area contributed by atoms with E-state index >= 15 is 0 Å². The number of thioether (sulfide) groups is 1. The minimum absolute atomic E-state index is 0.00223. The molecule has 2 N–H and O–H groups in total. The Labute approximate surface area is 156 Å². The predicted octanol–water partition coefficient (Wildman–Crippen LogP) is 1.38. The van der Waals surface area contributed by atoms with Crippen molar-refractivity contribution >= 4 is 28.6 Å². The van der Waals surface area contributed by atoms with Crippen molar-refractivity contribution in [2.24, 2.45) is 0 Å². The summed E-state index contributed by atoms with van der Waals surface area (Å²) in [6.45, 7) is 4.83. The Morgan fingerprint density at radius 3 is 2.96 bits per heavy atom. The van der Waals surface area contributed by atoms with Crippen molar-refractivity contribution in [1.82, 2.24) is 15.2 Å². The number of carbonyl (C=O) groups is 1. The highest BCUT2D eigenvalue weighted by atomic mass is 32.2. The Bertz CT molecular complexity index is 874. The van der Waals surface area contributed by atoms with Crippen molar-refractivity contribution in [2.75, 3.05) is 45.1 Å². The van der Waals surface area contributed by atoms with Gasteiger partial charge in [-0.2, -0.15) is 11.8 Å². The molecule has 3 heterocycles. The van der Waals surface area contributed by atoms with Crippen LogP contribution in [0, 0.1) is 0 Å². The SMILES string of the molecule is O=C(NCCN1CCOCC1)c1ccc2[nH]c(=O)c3c(c2c1)CCSC3. The molecule has 0 aliphatic carbocycles. The molecule has 2 aliphatic heterocycles. The number of aromatic nitrogens is 1. The summed E-state index contributed by atoms with van der Waals surface area (Å²) in [5, 5.41) is 4.01. The lowest BCUT2D eigenvalue weighted by Gasteiger charge is -2.26. The Balaban J connectivity index is 1.50. The zero-order valence-electron chi connectivity index (χ0n) is 14.7. The summed E-state index contributed by atoms with van der Waals surface area (Å²) in [7, 11) is 0. The van der Waals surface area contributed by atoms with Crippen molar-refractivity contribution in [3.63, 3.8) is 0 Å². The van der Waals surface area contributed by atoms with Gasteiger partial charge >= 0.3 is 0 Å². The summed E-state index contributed by atoms with van der Waals surface area (Å²) >= 11 is 1.78. The second-order valence-electron chi connectivity index (χ2n) is 6.68. The number of fused-ring (bicyclic) bond motifs is 3. The number of H-pyrrole nitrogens is 1. The van der Waals surface area contributed by atoms with Gasteiger partial charge in [-0.1, -0.05) is 0 Å². The molecule has 7 heteroatoms. The smallest absolute Gasteiger partial charge is 0.252 e. The van der Waals surface area contributed by atoms with Crippen LogP contribution in [0.15, 0.2) is 23.0 Å². The highest BCUT2D eigenvalue weighted by molar-refractivity contribution is 7.98. The number of benzene rings is 1. The van der Waals surface area contributed by atoms with Gasteiger partial charge in [0.2, 0.25) is 0 Å². The third-order valence-electron chi connectivity index (χ3n) is 5.05. The summed E-state index contributed by atoms with van der Waals surface area (Å²) < 4.78 is 5.34. The number of carbonyl (C=O) groups excluding carboxylic acids is 1. The fourth-order valence-corrected chi connectivity index (χ4v) is 4.58. The molecule has 0 atom stereocenters. The predicted molar refractivity (Wildman–Crippen MR) is 104 cm³/mol. The number of amides is 1. The van der Waals surface area contributed by atoms with Gasteiger partial charge in [-0.15, -0.1) is 0 Å². The maximum absolute atomic E-state index is 12.5. The van der Waals surface area contributed by atoms with Crippen LogP contribution in [0.5, 0.6) is 0 Å². The number of rotatable bonds is 4. The number of aryl methyl sites for hydroxylation is 1. The van der Waals surface area contributed by atoms with Gasteiger partial charge in [0, 0.05) is 54.0 Å². The fraction of sp³-hybridized carbons (Fsp3) is 0.474. The van der Waals surface area contributed by atoms with Gasteiger partial charge in [-0.3, -0.25) is 14.5 Å². The number of nitrogens with zero attached hydrogens (tertiary/aromatic N) is 1. The highest BCUT2D eigenvalue weighted by Gasteiger charge is 2.18. The molecule has 0 bridgehead atoms. The minimum atomic E-state index is -0.0645. The van der Waals surface area contributed by atoms with E-state index in [9.17, 15) is 9.59 Å². The van der Waals surface area contributed by atoms with E-state index in [2.05, 4.69) is 15.2 Å². The van der Waals surface area contributed by atoms with Gasteiger partial charge in [0.1, 0.15) is 0 Å². The standard InChI is InChI=1S/C19H23N3O3S/c23-18(20-4-5-22-6-8-25-9-7-22)13-1-2-17-15(11-13)14-3-10-26-12-16(14)19(24)21-17/h1-2,11H,3-10,12H2,(H,20,23)(H,21,24). The van der Waals surface area contributed by atoms with Crippen LogP contribution in [0.3, 0.4) is 0 Å². The van der Waals surface area contributed by atoms with Gasteiger partial charge in [0.25, 0.3) is 11.5 Å². The average molecular weight is 373 g/mol. The molecule has 6 nitrogen and oxygen atoms in total. The van der Waals surface area contributed by atoms with E-state index in [1.54, 1.807) is 17.8 Å². The van der Waals surface area contributed by atoms with Crippen LogP contribution in [-0.2, 0) is 16.9 Å². The Morgan fingerprint density at radius 1 is 1.27 bits per heavy atom. The van der Waals surface area contributed by atoms with Gasteiger partial charge < -0.3 is 15.0 Å². The van der Waals surface area contributed by atoms with Crippen LogP contribution in [0.4, 0.5) is 0 Å². The van der Waals surface area contributed by atoms with Gasteiger partial charge in [0.05, 0.1) is 13.2 Å². The molecule has 1 aromatic carbocycles. The van der Waals surface area contributed by atoms with Crippen molar-refractivity contribution < 1.29 is 9.53 Å². The van der Waals surface area contributed by atoms with Crippen molar-refractivity contribution in [3.05, 3.63) is 45.2 Å². The van der Waals surface area contributed by atoms with E-state index in [0.717, 1.165) is 72.8 Å². The van der Waals surface area contributed by atoms with Crippen LogP contribution in [0.1, 0.15) is 21.5 Å². The molecule has 1 fully saturated rings. The van der Waals surface area contributed by atoms with Crippen molar-refractivity contribution in [3.8, 4) is 0 Å². The monoisotopic (exact) mass is 373 g/mol. The van der Waals surface area contributed by atoms with Crippen LogP contribution in [0.2, 0.25) is 0 Å². The Kier molecular flexibility index (Phi) is 5.28. The third kappa shape index (κ3) is 3.65. The first-order valence-corrected chi connectivity index (χ1v) is 10.2. The first-order chi connectivity index (χ1) is 12.7. The normalized spacial score (nSPS) is 17.8. The van der Waals surface area contributed by atoms with Crippen LogP contribution < -0.4 is 10.9 Å². The zero-order chi connectivity index (χ0) is 17.9. The van der Waals surface area contributed by atoms with Gasteiger partial charge in [-0.05, 0) is 35.9 Å². The first kappa shape index (κ1) is 17.6. The van der Waals surface area contributed by atoms with E-state index in [0.29, 0.717) is 12.1 Å². The lowest BCUT2D eigenvalue weighted by molar-refractivity contribution is 0.0383. The Morgan fingerprint density at radius 2 is 2.12 bits per heavy atom. The van der Waals surface area contributed by atoms with E-state index in [4.69, 9.17) is 4.74 Å². The topological polar surface area (TPSA) is 74.4 Å². The molecular formula is C19H23N3O3S. The summed E-state index contributed by atoms with van der Waals surface area (Å²) in [4.78, 5) is 30.0. The molecule has 1 saturated heterocycles. The molecule has 4 rings (SSSR count). The largest absolute Gasteiger partial charge is 0.379 e. The van der Waals surface area contributed by atoms with E-state index in [1.807, 2.05) is 12.1 Å². The number of hydrogen-bond acceptors (Lipinski definition) is 5. The quantitative estimate of drug-likeness (QED) is 0.847. The molecule has 2 aromatic rings.